The van der Waals surface area contributed by atoms with Crippen LogP contribution in [-0.2, 0) is 4.74 Å². The van der Waals surface area contributed by atoms with Gasteiger partial charge in [-0.2, -0.15) is 0 Å². The standard InChI is InChI=1S/C9H18O3/c1-7(10)9(11)6-8-2-4-12-5-3-8/h7-11H,2-6H2,1H3. The van der Waals surface area contributed by atoms with E-state index in [1.165, 1.54) is 0 Å². The van der Waals surface area contributed by atoms with Crippen LogP contribution in [0.2, 0.25) is 0 Å². The molecule has 1 heterocycles. The summed E-state index contributed by atoms with van der Waals surface area (Å²) < 4.78 is 5.20. The Morgan fingerprint density at radius 2 is 1.92 bits per heavy atom. The van der Waals surface area contributed by atoms with Crippen LogP contribution >= 0.6 is 0 Å². The van der Waals surface area contributed by atoms with Gasteiger partial charge in [-0.05, 0) is 32.1 Å². The highest BCUT2D eigenvalue weighted by Crippen LogP contribution is 2.20. The first kappa shape index (κ1) is 9.96. The molecule has 0 aromatic rings. The second kappa shape index (κ2) is 4.80. The molecule has 0 amide bonds. The molecule has 72 valence electrons. The van der Waals surface area contributed by atoms with Crippen LogP contribution in [0.1, 0.15) is 26.2 Å². The summed E-state index contributed by atoms with van der Waals surface area (Å²) >= 11 is 0. The molecule has 0 aromatic heterocycles. The molecule has 0 saturated carbocycles. The zero-order valence-electron chi connectivity index (χ0n) is 7.57. The molecular formula is C9H18O3. The molecule has 1 saturated heterocycles. The van der Waals surface area contributed by atoms with Gasteiger partial charge in [-0.1, -0.05) is 0 Å². The number of ether oxygens (including phenoxy) is 1. The molecule has 0 radical (unpaired) electrons. The second-order valence-corrected chi connectivity index (χ2v) is 3.60. The Labute approximate surface area is 73.4 Å². The molecule has 0 aromatic carbocycles. The zero-order valence-corrected chi connectivity index (χ0v) is 7.57. The number of aliphatic hydroxyl groups excluding tert-OH is 2. The van der Waals surface area contributed by atoms with Crippen molar-refractivity contribution in [3.63, 3.8) is 0 Å². The van der Waals surface area contributed by atoms with Crippen molar-refractivity contribution in [1.82, 2.24) is 0 Å². The van der Waals surface area contributed by atoms with Gasteiger partial charge < -0.3 is 14.9 Å². The van der Waals surface area contributed by atoms with Gasteiger partial charge in [0, 0.05) is 13.2 Å². The van der Waals surface area contributed by atoms with Gasteiger partial charge in [0.05, 0.1) is 12.2 Å². The predicted molar refractivity (Wildman–Crippen MR) is 45.8 cm³/mol. The van der Waals surface area contributed by atoms with Gasteiger partial charge in [-0.25, -0.2) is 0 Å². The Hall–Kier alpha value is -0.120. The largest absolute Gasteiger partial charge is 0.391 e. The van der Waals surface area contributed by atoms with Gasteiger partial charge in [0.25, 0.3) is 0 Å². The van der Waals surface area contributed by atoms with Gasteiger partial charge in [0.2, 0.25) is 0 Å². The molecule has 12 heavy (non-hydrogen) atoms. The number of rotatable bonds is 3. The topological polar surface area (TPSA) is 49.7 Å². The lowest BCUT2D eigenvalue weighted by Gasteiger charge is -2.25. The van der Waals surface area contributed by atoms with Crippen molar-refractivity contribution in [2.45, 2.75) is 38.4 Å². The molecule has 1 fully saturated rings. The Balaban J connectivity index is 2.20. The molecule has 0 bridgehead atoms. The van der Waals surface area contributed by atoms with Crippen molar-refractivity contribution in [3.8, 4) is 0 Å². The monoisotopic (exact) mass is 174 g/mol. The molecule has 3 nitrogen and oxygen atoms in total. The highest BCUT2D eigenvalue weighted by Gasteiger charge is 2.20. The first-order valence-corrected chi connectivity index (χ1v) is 4.64. The van der Waals surface area contributed by atoms with Crippen LogP contribution in [0.25, 0.3) is 0 Å². The molecule has 1 aliphatic rings. The summed E-state index contributed by atoms with van der Waals surface area (Å²) in [6.07, 6.45) is 1.58. The van der Waals surface area contributed by atoms with Crippen molar-refractivity contribution in [2.24, 2.45) is 5.92 Å². The average molecular weight is 174 g/mol. The predicted octanol–water partition coefficient (Wildman–Crippen LogP) is 0.545. The van der Waals surface area contributed by atoms with Gasteiger partial charge in [0.15, 0.2) is 0 Å². The van der Waals surface area contributed by atoms with Crippen LogP contribution in [0.4, 0.5) is 0 Å². The molecule has 3 heteroatoms. The van der Waals surface area contributed by atoms with E-state index in [2.05, 4.69) is 0 Å². The number of aliphatic hydroxyl groups is 2. The Kier molecular flexibility index (Phi) is 3.98. The molecule has 1 rings (SSSR count). The van der Waals surface area contributed by atoms with Crippen LogP contribution in [0.15, 0.2) is 0 Å². The minimum Gasteiger partial charge on any atom is -0.391 e. The molecule has 2 unspecified atom stereocenters. The van der Waals surface area contributed by atoms with Crippen LogP contribution in [0.5, 0.6) is 0 Å². The lowest BCUT2D eigenvalue weighted by molar-refractivity contribution is -0.00473. The third-order valence-corrected chi connectivity index (χ3v) is 2.47. The Morgan fingerprint density at radius 3 is 2.42 bits per heavy atom. The summed E-state index contributed by atoms with van der Waals surface area (Å²) in [6.45, 7) is 3.23. The van der Waals surface area contributed by atoms with Gasteiger partial charge in [-0.15, -0.1) is 0 Å². The molecule has 1 aliphatic heterocycles. The Morgan fingerprint density at radius 1 is 1.33 bits per heavy atom. The van der Waals surface area contributed by atoms with E-state index < -0.39 is 12.2 Å². The first-order chi connectivity index (χ1) is 5.70. The van der Waals surface area contributed by atoms with Crippen LogP contribution in [-0.4, -0.2) is 35.6 Å². The van der Waals surface area contributed by atoms with E-state index in [4.69, 9.17) is 9.84 Å². The summed E-state index contributed by atoms with van der Waals surface area (Å²) in [7, 11) is 0. The van der Waals surface area contributed by atoms with Crippen molar-refractivity contribution in [2.75, 3.05) is 13.2 Å². The van der Waals surface area contributed by atoms with Crippen LogP contribution < -0.4 is 0 Å². The molecule has 0 aliphatic carbocycles. The summed E-state index contributed by atoms with van der Waals surface area (Å²) in [5.74, 6) is 0.531. The van der Waals surface area contributed by atoms with E-state index in [0.29, 0.717) is 12.3 Å². The van der Waals surface area contributed by atoms with E-state index in [9.17, 15) is 5.11 Å². The van der Waals surface area contributed by atoms with Crippen molar-refractivity contribution >= 4 is 0 Å². The molecule has 0 spiro atoms. The maximum absolute atomic E-state index is 9.39. The summed E-state index contributed by atoms with van der Waals surface area (Å²) in [6, 6.07) is 0. The maximum atomic E-state index is 9.39. The minimum atomic E-state index is -0.604. The van der Waals surface area contributed by atoms with E-state index >= 15 is 0 Å². The molecule has 2 N–H and O–H groups in total. The third-order valence-electron chi connectivity index (χ3n) is 2.47. The first-order valence-electron chi connectivity index (χ1n) is 4.64. The minimum absolute atomic E-state index is 0.531. The molecule has 2 atom stereocenters. The van der Waals surface area contributed by atoms with E-state index in [0.717, 1.165) is 26.1 Å². The van der Waals surface area contributed by atoms with Crippen LogP contribution in [0, 0.1) is 5.92 Å². The number of hydrogen-bond donors (Lipinski definition) is 2. The summed E-state index contributed by atoms with van der Waals surface area (Å²) in [5, 5.41) is 18.5. The van der Waals surface area contributed by atoms with E-state index in [1.807, 2.05) is 0 Å². The van der Waals surface area contributed by atoms with Crippen molar-refractivity contribution in [3.05, 3.63) is 0 Å². The highest BCUT2D eigenvalue weighted by atomic mass is 16.5. The third kappa shape index (κ3) is 3.09. The van der Waals surface area contributed by atoms with E-state index in [-0.39, 0.29) is 0 Å². The smallest absolute Gasteiger partial charge is 0.0799 e. The lowest BCUT2D eigenvalue weighted by Crippen LogP contribution is -2.28. The van der Waals surface area contributed by atoms with Gasteiger partial charge in [-0.3, -0.25) is 0 Å². The van der Waals surface area contributed by atoms with E-state index in [1.54, 1.807) is 6.92 Å². The van der Waals surface area contributed by atoms with Crippen LogP contribution in [0.3, 0.4) is 0 Å². The van der Waals surface area contributed by atoms with Crippen molar-refractivity contribution in [1.29, 1.82) is 0 Å². The Bertz CT molecular complexity index is 119. The fraction of sp³-hybridized carbons (Fsp3) is 1.00. The lowest BCUT2D eigenvalue weighted by atomic mass is 9.92. The fourth-order valence-electron chi connectivity index (χ4n) is 1.52. The second-order valence-electron chi connectivity index (χ2n) is 3.60. The SMILES string of the molecule is CC(O)C(O)CC1CCOCC1. The summed E-state index contributed by atoms with van der Waals surface area (Å²) in [5.41, 5.74) is 0. The highest BCUT2D eigenvalue weighted by molar-refractivity contribution is 4.70. The van der Waals surface area contributed by atoms with Gasteiger partial charge >= 0.3 is 0 Å². The summed E-state index contributed by atoms with van der Waals surface area (Å²) in [4.78, 5) is 0. The number of hydrogen-bond acceptors (Lipinski definition) is 3. The maximum Gasteiger partial charge on any atom is 0.0799 e. The van der Waals surface area contributed by atoms with Gasteiger partial charge in [0.1, 0.15) is 0 Å². The molecular weight excluding hydrogens is 156 g/mol. The fourth-order valence-corrected chi connectivity index (χ4v) is 1.52. The average Bonchev–Trinajstić information content (AvgIpc) is 2.06. The zero-order chi connectivity index (χ0) is 8.97. The quantitative estimate of drug-likeness (QED) is 0.656. The van der Waals surface area contributed by atoms with Crippen molar-refractivity contribution < 1.29 is 14.9 Å². The normalized spacial score (nSPS) is 25.2.